The highest BCUT2D eigenvalue weighted by molar-refractivity contribution is 5.88. The second-order valence-electron chi connectivity index (χ2n) is 11.6. The molecule has 0 saturated carbocycles. The van der Waals surface area contributed by atoms with Gasteiger partial charge in [-0.1, -0.05) is 104 Å². The van der Waals surface area contributed by atoms with Crippen LogP contribution in [-0.4, -0.2) is 17.3 Å². The van der Waals surface area contributed by atoms with Gasteiger partial charge in [-0.15, -0.1) is 0 Å². The average Bonchev–Trinajstić information content (AvgIpc) is 2.42. The van der Waals surface area contributed by atoms with E-state index in [1.54, 1.807) is 0 Å². The van der Waals surface area contributed by atoms with E-state index in [4.69, 9.17) is 0 Å². The molecule has 3 heteroatoms. The molecule has 0 heterocycles. The van der Waals surface area contributed by atoms with Gasteiger partial charge in [-0.2, -0.15) is 0 Å². The van der Waals surface area contributed by atoms with Crippen molar-refractivity contribution in [3.63, 3.8) is 0 Å². The Labute approximate surface area is 170 Å². The van der Waals surface area contributed by atoms with Gasteiger partial charge < -0.3 is 0 Å². The molecule has 0 aliphatic carbocycles. The van der Waals surface area contributed by atoms with E-state index in [1.807, 2.05) is 104 Å². The molecule has 0 bridgehead atoms. The molecule has 162 valence electrons. The SMILES string of the molecule is CC(C)(C)C(=O)C(C)(C)C.CC(C)C(=O)C(C)(C)C.CCC(=O)C(C)(C)C. The molecule has 0 N–H and O–H groups in total. The third kappa shape index (κ3) is 15.7. The van der Waals surface area contributed by atoms with Gasteiger partial charge in [-0.25, -0.2) is 0 Å². The summed E-state index contributed by atoms with van der Waals surface area (Å²) in [5.74, 6) is 1.16. The maximum atomic E-state index is 11.5. The Hall–Kier alpha value is -0.990. The van der Waals surface area contributed by atoms with E-state index in [-0.39, 0.29) is 27.6 Å². The molecule has 0 aromatic heterocycles. The molecule has 0 saturated heterocycles. The summed E-state index contributed by atoms with van der Waals surface area (Å²) in [6.45, 7) is 29.2. The van der Waals surface area contributed by atoms with E-state index in [9.17, 15) is 14.4 Å². The Kier molecular flexibility index (Phi) is 12.7. The molecule has 0 rings (SSSR count). The van der Waals surface area contributed by atoms with Crippen molar-refractivity contribution < 1.29 is 14.4 Å². The maximum Gasteiger partial charge on any atom is 0.143 e. The molecule has 0 aromatic carbocycles. The first kappa shape index (κ1) is 30.7. The molecule has 27 heavy (non-hydrogen) atoms. The van der Waals surface area contributed by atoms with Crippen molar-refractivity contribution in [2.75, 3.05) is 0 Å². The summed E-state index contributed by atoms with van der Waals surface area (Å²) in [6, 6.07) is 0. The summed E-state index contributed by atoms with van der Waals surface area (Å²) < 4.78 is 0. The van der Waals surface area contributed by atoms with Gasteiger partial charge >= 0.3 is 0 Å². The molecule has 0 aromatic rings. The van der Waals surface area contributed by atoms with Gasteiger partial charge in [0.25, 0.3) is 0 Å². The highest BCUT2D eigenvalue weighted by Gasteiger charge is 2.31. The first-order valence-electron chi connectivity index (χ1n) is 10.1. The standard InChI is InChI=1S/C9H18O.C8H16O.C7H14O/c1-8(2,3)7(10)9(4,5)6;1-6(2)7(9)8(3,4)5;1-5-6(8)7(2,3)4/h1-6H3;6H,1-5H3;5H2,1-4H3. The molecule has 0 radical (unpaired) electrons. The van der Waals surface area contributed by atoms with Crippen molar-refractivity contribution in [3.8, 4) is 0 Å². The second kappa shape index (κ2) is 11.1. The molecular formula is C24H48O3. The summed E-state index contributed by atoms with van der Waals surface area (Å²) in [4.78, 5) is 33.5. The first-order chi connectivity index (χ1) is 11.5. The highest BCUT2D eigenvalue weighted by atomic mass is 16.1. The summed E-state index contributed by atoms with van der Waals surface area (Å²) in [5, 5.41) is 0. The maximum absolute atomic E-state index is 11.5. The van der Waals surface area contributed by atoms with Gasteiger partial charge in [-0.3, -0.25) is 14.4 Å². The summed E-state index contributed by atoms with van der Waals surface area (Å²) >= 11 is 0. The molecule has 0 aliphatic heterocycles. The molecule has 0 atom stereocenters. The molecule has 0 aliphatic rings. The van der Waals surface area contributed by atoms with E-state index in [0.29, 0.717) is 23.8 Å². The smallest absolute Gasteiger partial charge is 0.143 e. The zero-order valence-electron chi connectivity index (χ0n) is 21.0. The fraction of sp³-hybridized carbons (Fsp3) is 0.875. The van der Waals surface area contributed by atoms with Crippen LogP contribution in [0.2, 0.25) is 0 Å². The van der Waals surface area contributed by atoms with Crippen LogP contribution in [-0.2, 0) is 14.4 Å². The Morgan fingerprint density at radius 3 is 0.889 bits per heavy atom. The quantitative estimate of drug-likeness (QED) is 0.519. The Balaban J connectivity index is -0.000000322. The monoisotopic (exact) mass is 384 g/mol. The van der Waals surface area contributed by atoms with Crippen molar-refractivity contribution >= 4 is 17.3 Å². The largest absolute Gasteiger partial charge is 0.299 e. The number of ketones is 3. The van der Waals surface area contributed by atoms with Crippen LogP contribution >= 0.6 is 0 Å². The van der Waals surface area contributed by atoms with Gasteiger partial charge in [-0.05, 0) is 0 Å². The van der Waals surface area contributed by atoms with Crippen molar-refractivity contribution in [2.45, 2.75) is 110 Å². The minimum atomic E-state index is -0.196. The summed E-state index contributed by atoms with van der Waals surface area (Å²) in [5.41, 5.74) is -0.681. The summed E-state index contributed by atoms with van der Waals surface area (Å²) in [6.07, 6.45) is 0.656. The summed E-state index contributed by atoms with van der Waals surface area (Å²) in [7, 11) is 0. The number of carbonyl (C=O) groups excluding carboxylic acids is 3. The Morgan fingerprint density at radius 2 is 0.889 bits per heavy atom. The number of hydrogen-bond donors (Lipinski definition) is 0. The molecule has 3 nitrogen and oxygen atoms in total. The minimum absolute atomic E-state index is 0.130. The second-order valence-corrected chi connectivity index (χ2v) is 11.6. The number of Topliss-reactive ketones (excluding diaryl/α,β-unsaturated/α-hetero) is 3. The van der Waals surface area contributed by atoms with Gasteiger partial charge in [0.1, 0.15) is 17.3 Å². The third-order valence-electron chi connectivity index (χ3n) is 3.78. The fourth-order valence-corrected chi connectivity index (χ4v) is 2.52. The van der Waals surface area contributed by atoms with Crippen molar-refractivity contribution in [3.05, 3.63) is 0 Å². The molecule has 0 unspecified atom stereocenters. The van der Waals surface area contributed by atoms with E-state index < -0.39 is 0 Å². The van der Waals surface area contributed by atoms with Crippen LogP contribution in [0.5, 0.6) is 0 Å². The highest BCUT2D eigenvalue weighted by Crippen LogP contribution is 2.27. The first-order valence-corrected chi connectivity index (χ1v) is 10.1. The van der Waals surface area contributed by atoms with Crippen molar-refractivity contribution in [2.24, 2.45) is 27.6 Å². The Morgan fingerprint density at radius 1 is 0.593 bits per heavy atom. The van der Waals surface area contributed by atoms with Gasteiger partial charge in [0.2, 0.25) is 0 Å². The normalized spacial score (nSPS) is 12.4. The average molecular weight is 385 g/mol. The topological polar surface area (TPSA) is 51.2 Å². The molecule has 0 amide bonds. The van der Waals surface area contributed by atoms with Crippen molar-refractivity contribution in [1.82, 2.24) is 0 Å². The van der Waals surface area contributed by atoms with Gasteiger partial charge in [0.15, 0.2) is 0 Å². The Bertz CT molecular complexity index is 454. The lowest BCUT2D eigenvalue weighted by Crippen LogP contribution is -2.32. The number of hydrogen-bond acceptors (Lipinski definition) is 3. The third-order valence-corrected chi connectivity index (χ3v) is 3.78. The molecular weight excluding hydrogens is 336 g/mol. The minimum Gasteiger partial charge on any atom is -0.299 e. The van der Waals surface area contributed by atoms with Crippen LogP contribution in [0.1, 0.15) is 110 Å². The number of rotatable bonds is 2. The molecule has 0 fully saturated rings. The lowest BCUT2D eigenvalue weighted by Gasteiger charge is -2.26. The van der Waals surface area contributed by atoms with Crippen LogP contribution in [0.15, 0.2) is 0 Å². The predicted molar refractivity (Wildman–Crippen MR) is 118 cm³/mol. The molecule has 0 spiro atoms. The number of carbonyl (C=O) groups is 3. The fourth-order valence-electron chi connectivity index (χ4n) is 2.52. The van der Waals surface area contributed by atoms with Crippen LogP contribution < -0.4 is 0 Å². The van der Waals surface area contributed by atoms with Crippen LogP contribution in [0.25, 0.3) is 0 Å². The van der Waals surface area contributed by atoms with E-state index in [2.05, 4.69) is 0 Å². The predicted octanol–water partition coefficient (Wildman–Crippen LogP) is 6.92. The van der Waals surface area contributed by atoms with Crippen LogP contribution in [0.3, 0.4) is 0 Å². The van der Waals surface area contributed by atoms with Crippen LogP contribution in [0.4, 0.5) is 0 Å². The van der Waals surface area contributed by atoms with E-state index >= 15 is 0 Å². The lowest BCUT2D eigenvalue weighted by molar-refractivity contribution is -0.134. The van der Waals surface area contributed by atoms with Gasteiger partial charge in [0, 0.05) is 34.0 Å². The van der Waals surface area contributed by atoms with E-state index in [1.165, 1.54) is 0 Å². The van der Waals surface area contributed by atoms with Crippen molar-refractivity contribution in [1.29, 1.82) is 0 Å². The van der Waals surface area contributed by atoms with E-state index in [0.717, 1.165) is 0 Å². The zero-order valence-corrected chi connectivity index (χ0v) is 21.0. The lowest BCUT2D eigenvalue weighted by atomic mass is 9.76. The van der Waals surface area contributed by atoms with Crippen LogP contribution in [0, 0.1) is 27.6 Å². The van der Waals surface area contributed by atoms with Gasteiger partial charge in [0.05, 0.1) is 0 Å². The zero-order chi connectivity index (χ0) is 23.0.